The molecule has 1 aliphatic heterocycles. The SMILES string of the molecule is CC(O)COc1ccc2ccccc2c1Cc1ccc(OCCN2CCC(C)CC2)cc1.Cl. The van der Waals surface area contributed by atoms with Gasteiger partial charge in [0.25, 0.3) is 0 Å². The van der Waals surface area contributed by atoms with Crippen molar-refractivity contribution < 1.29 is 14.6 Å². The van der Waals surface area contributed by atoms with E-state index in [1.807, 2.05) is 6.07 Å². The molecule has 1 aliphatic rings. The maximum Gasteiger partial charge on any atom is 0.123 e. The van der Waals surface area contributed by atoms with Gasteiger partial charge in [-0.05, 0) is 73.3 Å². The molecule has 1 fully saturated rings. The van der Waals surface area contributed by atoms with Gasteiger partial charge in [-0.25, -0.2) is 0 Å². The summed E-state index contributed by atoms with van der Waals surface area (Å²) in [5, 5.41) is 12.0. The van der Waals surface area contributed by atoms with Gasteiger partial charge in [-0.1, -0.05) is 49.4 Å². The minimum atomic E-state index is -0.501. The lowest BCUT2D eigenvalue weighted by molar-refractivity contribution is 0.122. The first-order chi connectivity index (χ1) is 15.6. The molecule has 1 N–H and O–H groups in total. The van der Waals surface area contributed by atoms with E-state index < -0.39 is 6.10 Å². The van der Waals surface area contributed by atoms with Gasteiger partial charge < -0.3 is 14.6 Å². The first kappa shape index (κ1) is 25.4. The number of nitrogens with zero attached hydrogens (tertiary/aromatic N) is 1. The van der Waals surface area contributed by atoms with Crippen molar-refractivity contribution in [2.75, 3.05) is 32.8 Å². The van der Waals surface area contributed by atoms with Crippen molar-refractivity contribution in [1.82, 2.24) is 4.90 Å². The number of hydrogen-bond donors (Lipinski definition) is 1. The molecule has 0 spiro atoms. The molecular weight excluding hydrogens is 434 g/mol. The van der Waals surface area contributed by atoms with Gasteiger partial charge in [-0.15, -0.1) is 12.4 Å². The molecule has 0 aliphatic carbocycles. The van der Waals surface area contributed by atoms with E-state index in [1.54, 1.807) is 6.92 Å². The summed E-state index contributed by atoms with van der Waals surface area (Å²) in [6.45, 7) is 8.47. The van der Waals surface area contributed by atoms with Gasteiger partial charge in [0.2, 0.25) is 0 Å². The lowest BCUT2D eigenvalue weighted by atomic mass is 9.97. The summed E-state index contributed by atoms with van der Waals surface area (Å²) in [7, 11) is 0. The predicted octanol–water partition coefficient (Wildman–Crippen LogP) is 5.72. The van der Waals surface area contributed by atoms with Crippen molar-refractivity contribution in [3.05, 3.63) is 71.8 Å². The topological polar surface area (TPSA) is 41.9 Å². The molecule has 1 heterocycles. The highest BCUT2D eigenvalue weighted by molar-refractivity contribution is 5.88. The monoisotopic (exact) mass is 469 g/mol. The highest BCUT2D eigenvalue weighted by Gasteiger charge is 2.15. The van der Waals surface area contributed by atoms with Gasteiger partial charge >= 0.3 is 0 Å². The molecule has 0 aromatic heterocycles. The van der Waals surface area contributed by atoms with Gasteiger partial charge in [-0.3, -0.25) is 4.90 Å². The van der Waals surface area contributed by atoms with Crippen LogP contribution < -0.4 is 9.47 Å². The lowest BCUT2D eigenvalue weighted by Gasteiger charge is -2.29. The average Bonchev–Trinajstić information content (AvgIpc) is 2.81. The fourth-order valence-electron chi connectivity index (χ4n) is 4.33. The van der Waals surface area contributed by atoms with E-state index in [9.17, 15) is 5.11 Å². The van der Waals surface area contributed by atoms with E-state index in [-0.39, 0.29) is 19.0 Å². The van der Waals surface area contributed by atoms with Crippen LogP contribution in [0.15, 0.2) is 60.7 Å². The number of ether oxygens (including phenoxy) is 2. The molecule has 3 aromatic carbocycles. The summed E-state index contributed by atoms with van der Waals surface area (Å²) in [6, 6.07) is 20.9. The highest BCUT2D eigenvalue weighted by Crippen LogP contribution is 2.31. The van der Waals surface area contributed by atoms with Crippen molar-refractivity contribution in [3.8, 4) is 11.5 Å². The van der Waals surface area contributed by atoms with Crippen LogP contribution in [-0.4, -0.2) is 49.0 Å². The second-order valence-corrected chi connectivity index (χ2v) is 9.12. The number of aliphatic hydroxyl groups excluding tert-OH is 1. The van der Waals surface area contributed by atoms with Crippen LogP contribution in [0.1, 0.15) is 37.8 Å². The largest absolute Gasteiger partial charge is 0.492 e. The number of rotatable bonds is 9. The van der Waals surface area contributed by atoms with E-state index in [2.05, 4.69) is 66.4 Å². The molecule has 1 saturated heterocycles. The summed E-state index contributed by atoms with van der Waals surface area (Å²) in [5.41, 5.74) is 2.36. The molecule has 1 atom stereocenters. The number of aliphatic hydroxyl groups is 1. The second kappa shape index (κ2) is 12.3. The number of hydrogen-bond acceptors (Lipinski definition) is 4. The second-order valence-electron chi connectivity index (χ2n) is 9.12. The Kier molecular flexibility index (Phi) is 9.42. The summed E-state index contributed by atoms with van der Waals surface area (Å²) in [6.07, 6.45) is 2.86. The van der Waals surface area contributed by atoms with Crippen LogP contribution >= 0.6 is 12.4 Å². The summed E-state index contributed by atoms with van der Waals surface area (Å²) >= 11 is 0. The van der Waals surface area contributed by atoms with Crippen molar-refractivity contribution in [2.45, 2.75) is 39.2 Å². The number of fused-ring (bicyclic) bond motifs is 1. The third-order valence-electron chi connectivity index (χ3n) is 6.33. The maximum atomic E-state index is 9.66. The highest BCUT2D eigenvalue weighted by atomic mass is 35.5. The molecule has 0 bridgehead atoms. The van der Waals surface area contributed by atoms with Crippen LogP contribution in [0.25, 0.3) is 10.8 Å². The van der Waals surface area contributed by atoms with Gasteiger partial charge in [0, 0.05) is 18.5 Å². The maximum absolute atomic E-state index is 9.66. The van der Waals surface area contributed by atoms with Crippen molar-refractivity contribution in [1.29, 1.82) is 0 Å². The summed E-state index contributed by atoms with van der Waals surface area (Å²) in [4.78, 5) is 2.50. The predicted molar refractivity (Wildman–Crippen MR) is 138 cm³/mol. The van der Waals surface area contributed by atoms with Crippen LogP contribution in [0.5, 0.6) is 11.5 Å². The van der Waals surface area contributed by atoms with Crippen molar-refractivity contribution >= 4 is 23.2 Å². The average molecular weight is 470 g/mol. The zero-order valence-corrected chi connectivity index (χ0v) is 20.5. The van der Waals surface area contributed by atoms with Crippen LogP contribution in [0.3, 0.4) is 0 Å². The third-order valence-corrected chi connectivity index (χ3v) is 6.33. The Balaban J connectivity index is 0.00000306. The zero-order valence-electron chi connectivity index (χ0n) is 19.7. The number of benzene rings is 3. The number of likely N-dealkylation sites (tertiary alicyclic amines) is 1. The third kappa shape index (κ3) is 7.10. The van der Waals surface area contributed by atoms with Gasteiger partial charge in [0.05, 0.1) is 6.10 Å². The quantitative estimate of drug-likeness (QED) is 0.435. The van der Waals surface area contributed by atoms with E-state index in [0.717, 1.165) is 42.6 Å². The van der Waals surface area contributed by atoms with E-state index in [1.165, 1.54) is 42.3 Å². The molecule has 178 valence electrons. The van der Waals surface area contributed by atoms with Gasteiger partial charge in [-0.2, -0.15) is 0 Å². The molecule has 0 saturated carbocycles. The Bertz CT molecular complexity index is 998. The summed E-state index contributed by atoms with van der Waals surface area (Å²) in [5.74, 6) is 2.61. The molecule has 4 rings (SSSR count). The Morgan fingerprint density at radius 1 is 0.970 bits per heavy atom. The Labute approximate surface area is 203 Å². The van der Waals surface area contributed by atoms with E-state index in [4.69, 9.17) is 9.47 Å². The molecule has 1 unspecified atom stereocenters. The van der Waals surface area contributed by atoms with Crippen LogP contribution in [0.2, 0.25) is 0 Å². The fourth-order valence-corrected chi connectivity index (χ4v) is 4.33. The first-order valence-corrected chi connectivity index (χ1v) is 11.8. The fraction of sp³-hybridized carbons (Fsp3) is 0.429. The molecule has 5 heteroatoms. The molecule has 0 amide bonds. The van der Waals surface area contributed by atoms with Crippen LogP contribution in [0.4, 0.5) is 0 Å². The molecule has 3 aromatic rings. The molecule has 33 heavy (non-hydrogen) atoms. The standard InChI is InChI=1S/C28H35NO3.ClH/c1-21-13-15-29(16-14-21)17-18-31-25-10-7-23(8-11-25)19-27-26-6-4-3-5-24(26)9-12-28(27)32-20-22(2)30;/h3-12,21-22,30H,13-20H2,1-2H3;1H. The molecule has 4 nitrogen and oxygen atoms in total. The smallest absolute Gasteiger partial charge is 0.123 e. The van der Waals surface area contributed by atoms with Crippen LogP contribution in [-0.2, 0) is 6.42 Å². The minimum absolute atomic E-state index is 0. The van der Waals surface area contributed by atoms with E-state index >= 15 is 0 Å². The van der Waals surface area contributed by atoms with E-state index in [0.29, 0.717) is 0 Å². The minimum Gasteiger partial charge on any atom is -0.492 e. The Morgan fingerprint density at radius 2 is 1.70 bits per heavy atom. The molecular formula is C28H36ClNO3. The van der Waals surface area contributed by atoms with Crippen LogP contribution in [0, 0.1) is 5.92 Å². The van der Waals surface area contributed by atoms with Gasteiger partial charge in [0.15, 0.2) is 0 Å². The van der Waals surface area contributed by atoms with Crippen molar-refractivity contribution in [3.63, 3.8) is 0 Å². The lowest BCUT2D eigenvalue weighted by Crippen LogP contribution is -2.35. The number of piperidine rings is 1. The molecule has 0 radical (unpaired) electrons. The number of halogens is 1. The van der Waals surface area contributed by atoms with Crippen molar-refractivity contribution in [2.24, 2.45) is 5.92 Å². The normalized spacial score (nSPS) is 15.7. The zero-order chi connectivity index (χ0) is 22.3. The summed E-state index contributed by atoms with van der Waals surface area (Å²) < 4.78 is 11.9. The van der Waals surface area contributed by atoms with Gasteiger partial charge in [0.1, 0.15) is 24.7 Å². The first-order valence-electron chi connectivity index (χ1n) is 11.8. The Morgan fingerprint density at radius 3 is 2.42 bits per heavy atom. The Hall–Kier alpha value is -2.27.